The van der Waals surface area contributed by atoms with Crippen LogP contribution in [0.5, 0.6) is 0 Å². The first kappa shape index (κ1) is 13.6. The molecule has 5 nitrogen and oxygen atoms in total. The molecule has 0 bridgehead atoms. The SMILES string of the molecule is NC(=O)c1nccn1CCN1CC[C@@H]2CCCC[C@@H]2C1. The molecule has 1 aromatic rings. The number of carbonyl (C=O) groups excluding carboxylic acids is 1. The first-order valence-electron chi connectivity index (χ1n) is 7.77. The second-order valence-corrected chi connectivity index (χ2v) is 6.20. The molecule has 110 valence electrons. The van der Waals surface area contributed by atoms with Gasteiger partial charge in [0.1, 0.15) is 0 Å². The Kier molecular flexibility index (Phi) is 4.05. The number of hydrogen-bond acceptors (Lipinski definition) is 3. The lowest BCUT2D eigenvalue weighted by molar-refractivity contribution is 0.0838. The van der Waals surface area contributed by atoms with Gasteiger partial charge in [-0.3, -0.25) is 4.79 Å². The summed E-state index contributed by atoms with van der Waals surface area (Å²) in [5.74, 6) is 1.80. The van der Waals surface area contributed by atoms with Crippen molar-refractivity contribution in [2.45, 2.75) is 38.6 Å². The lowest BCUT2D eigenvalue weighted by Crippen LogP contribution is -2.43. The summed E-state index contributed by atoms with van der Waals surface area (Å²) in [6.07, 6.45) is 10.5. The predicted octanol–water partition coefficient (Wildman–Crippen LogP) is 1.49. The Hall–Kier alpha value is -1.36. The highest BCUT2D eigenvalue weighted by molar-refractivity contribution is 5.89. The molecule has 2 fully saturated rings. The standard InChI is InChI=1S/C15H24N4O/c16-14(20)15-17-6-8-19(15)10-9-18-7-5-12-3-1-2-4-13(12)11-18/h6,8,12-13H,1-5,7,9-11H2,(H2,16,20)/t12-,13+/m0/s1. The van der Waals surface area contributed by atoms with Crippen molar-refractivity contribution in [1.82, 2.24) is 14.5 Å². The lowest BCUT2D eigenvalue weighted by atomic mass is 9.75. The zero-order valence-electron chi connectivity index (χ0n) is 12.0. The van der Waals surface area contributed by atoms with Crippen molar-refractivity contribution in [1.29, 1.82) is 0 Å². The molecular weight excluding hydrogens is 252 g/mol. The molecule has 1 aromatic heterocycles. The van der Waals surface area contributed by atoms with E-state index in [0.717, 1.165) is 24.9 Å². The van der Waals surface area contributed by atoms with Gasteiger partial charge in [-0.15, -0.1) is 0 Å². The number of carbonyl (C=O) groups is 1. The van der Waals surface area contributed by atoms with Crippen LogP contribution in [0.2, 0.25) is 0 Å². The Morgan fingerprint density at radius 3 is 2.85 bits per heavy atom. The number of nitrogens with two attached hydrogens (primary N) is 1. The number of likely N-dealkylation sites (tertiary alicyclic amines) is 1. The second kappa shape index (κ2) is 5.95. The normalized spacial score (nSPS) is 27.2. The van der Waals surface area contributed by atoms with E-state index in [0.29, 0.717) is 5.82 Å². The maximum atomic E-state index is 11.2. The van der Waals surface area contributed by atoms with E-state index in [-0.39, 0.29) is 0 Å². The fraction of sp³-hybridized carbons (Fsp3) is 0.733. The first-order chi connectivity index (χ1) is 9.74. The van der Waals surface area contributed by atoms with Gasteiger partial charge in [-0.2, -0.15) is 0 Å². The van der Waals surface area contributed by atoms with Gasteiger partial charge < -0.3 is 15.2 Å². The molecule has 0 unspecified atom stereocenters. The topological polar surface area (TPSA) is 64.2 Å². The van der Waals surface area contributed by atoms with E-state index in [1.54, 1.807) is 6.20 Å². The molecule has 2 aliphatic rings. The summed E-state index contributed by atoms with van der Waals surface area (Å²) in [6, 6.07) is 0. The quantitative estimate of drug-likeness (QED) is 0.906. The minimum Gasteiger partial charge on any atom is -0.363 e. The Labute approximate surface area is 120 Å². The van der Waals surface area contributed by atoms with Gasteiger partial charge in [0.15, 0.2) is 5.82 Å². The summed E-state index contributed by atoms with van der Waals surface area (Å²) in [5.41, 5.74) is 5.32. The van der Waals surface area contributed by atoms with Crippen LogP contribution in [0.3, 0.4) is 0 Å². The molecule has 1 saturated heterocycles. The van der Waals surface area contributed by atoms with Crippen LogP contribution in [0.4, 0.5) is 0 Å². The predicted molar refractivity (Wildman–Crippen MR) is 77.2 cm³/mol. The molecule has 0 aromatic carbocycles. The maximum Gasteiger partial charge on any atom is 0.284 e. The summed E-state index contributed by atoms with van der Waals surface area (Å²) in [7, 11) is 0. The fourth-order valence-corrected chi connectivity index (χ4v) is 3.84. The van der Waals surface area contributed by atoms with Crippen LogP contribution >= 0.6 is 0 Å². The maximum absolute atomic E-state index is 11.2. The average molecular weight is 276 g/mol. The number of primary amides is 1. The Morgan fingerprint density at radius 2 is 2.05 bits per heavy atom. The number of piperidine rings is 1. The van der Waals surface area contributed by atoms with Gasteiger partial charge in [-0.05, 0) is 31.2 Å². The highest BCUT2D eigenvalue weighted by Gasteiger charge is 2.30. The number of rotatable bonds is 4. The number of nitrogens with zero attached hydrogens (tertiary/aromatic N) is 3. The Morgan fingerprint density at radius 1 is 1.25 bits per heavy atom. The second-order valence-electron chi connectivity index (χ2n) is 6.20. The summed E-state index contributed by atoms with van der Waals surface area (Å²) in [5, 5.41) is 0. The minimum atomic E-state index is -0.444. The number of amides is 1. The smallest absolute Gasteiger partial charge is 0.284 e. The molecule has 2 atom stereocenters. The lowest BCUT2D eigenvalue weighted by Gasteiger charge is -2.41. The largest absolute Gasteiger partial charge is 0.363 e. The van der Waals surface area contributed by atoms with Crippen molar-refractivity contribution in [3.05, 3.63) is 18.2 Å². The highest BCUT2D eigenvalue weighted by Crippen LogP contribution is 2.35. The molecule has 5 heteroatoms. The van der Waals surface area contributed by atoms with Crippen LogP contribution in [0, 0.1) is 11.8 Å². The fourth-order valence-electron chi connectivity index (χ4n) is 3.84. The van der Waals surface area contributed by atoms with E-state index >= 15 is 0 Å². The van der Waals surface area contributed by atoms with Gasteiger partial charge in [0.25, 0.3) is 5.91 Å². The molecule has 2 heterocycles. The monoisotopic (exact) mass is 276 g/mol. The summed E-state index contributed by atoms with van der Waals surface area (Å²) < 4.78 is 1.87. The molecule has 0 spiro atoms. The molecule has 1 amide bonds. The van der Waals surface area contributed by atoms with E-state index in [1.165, 1.54) is 45.2 Å². The van der Waals surface area contributed by atoms with E-state index in [9.17, 15) is 4.79 Å². The van der Waals surface area contributed by atoms with Crippen LogP contribution in [0.25, 0.3) is 0 Å². The van der Waals surface area contributed by atoms with Gasteiger partial charge >= 0.3 is 0 Å². The third-order valence-electron chi connectivity index (χ3n) is 4.97. The third kappa shape index (κ3) is 2.87. The van der Waals surface area contributed by atoms with Crippen LogP contribution < -0.4 is 5.73 Å². The van der Waals surface area contributed by atoms with E-state index in [1.807, 2.05) is 10.8 Å². The molecule has 1 aliphatic carbocycles. The van der Waals surface area contributed by atoms with Crippen LogP contribution in [0.1, 0.15) is 42.7 Å². The Bertz CT molecular complexity index is 470. The average Bonchev–Trinajstić information content (AvgIpc) is 2.93. The molecular formula is C15H24N4O. The molecule has 1 aliphatic heterocycles. The first-order valence-corrected chi connectivity index (χ1v) is 7.77. The van der Waals surface area contributed by atoms with E-state index in [4.69, 9.17) is 5.73 Å². The van der Waals surface area contributed by atoms with Crippen molar-refractivity contribution >= 4 is 5.91 Å². The molecule has 2 N–H and O–H groups in total. The zero-order valence-corrected chi connectivity index (χ0v) is 12.0. The molecule has 3 rings (SSSR count). The zero-order chi connectivity index (χ0) is 13.9. The summed E-state index contributed by atoms with van der Waals surface area (Å²) >= 11 is 0. The van der Waals surface area contributed by atoms with Crippen molar-refractivity contribution in [3.63, 3.8) is 0 Å². The van der Waals surface area contributed by atoms with Crippen LogP contribution in [0.15, 0.2) is 12.4 Å². The summed E-state index contributed by atoms with van der Waals surface area (Å²) in [4.78, 5) is 17.8. The third-order valence-corrected chi connectivity index (χ3v) is 4.97. The summed E-state index contributed by atoms with van der Waals surface area (Å²) in [6.45, 7) is 4.21. The minimum absolute atomic E-state index is 0.373. The van der Waals surface area contributed by atoms with Gasteiger partial charge in [-0.1, -0.05) is 19.3 Å². The van der Waals surface area contributed by atoms with E-state index < -0.39 is 5.91 Å². The molecule has 0 radical (unpaired) electrons. The van der Waals surface area contributed by atoms with Crippen molar-refractivity contribution in [2.24, 2.45) is 17.6 Å². The van der Waals surface area contributed by atoms with Gasteiger partial charge in [0.2, 0.25) is 0 Å². The number of aromatic nitrogens is 2. The number of hydrogen-bond donors (Lipinski definition) is 1. The van der Waals surface area contributed by atoms with E-state index in [2.05, 4.69) is 9.88 Å². The van der Waals surface area contributed by atoms with Crippen LogP contribution in [-0.4, -0.2) is 40.0 Å². The number of imidazole rings is 1. The van der Waals surface area contributed by atoms with Crippen molar-refractivity contribution in [2.75, 3.05) is 19.6 Å². The van der Waals surface area contributed by atoms with Gasteiger partial charge in [0.05, 0.1) is 0 Å². The Balaban J connectivity index is 1.54. The van der Waals surface area contributed by atoms with Gasteiger partial charge in [0, 0.05) is 32.0 Å². The molecule has 20 heavy (non-hydrogen) atoms. The van der Waals surface area contributed by atoms with Crippen molar-refractivity contribution in [3.8, 4) is 0 Å². The highest BCUT2D eigenvalue weighted by atomic mass is 16.1. The van der Waals surface area contributed by atoms with Crippen molar-refractivity contribution < 1.29 is 4.79 Å². The molecule has 1 saturated carbocycles. The number of fused-ring (bicyclic) bond motifs is 1. The van der Waals surface area contributed by atoms with Gasteiger partial charge in [-0.25, -0.2) is 4.98 Å². The van der Waals surface area contributed by atoms with Crippen LogP contribution in [-0.2, 0) is 6.54 Å².